The van der Waals surface area contributed by atoms with E-state index < -0.39 is 16.9 Å². The van der Waals surface area contributed by atoms with Gasteiger partial charge in [0.2, 0.25) is 0 Å². The number of hydrogen-bond donors (Lipinski definition) is 0. The van der Waals surface area contributed by atoms with E-state index in [-0.39, 0.29) is 17.9 Å². The van der Waals surface area contributed by atoms with Gasteiger partial charge in [0.05, 0.1) is 12.0 Å². The summed E-state index contributed by atoms with van der Waals surface area (Å²) in [6, 6.07) is 7.38. The van der Waals surface area contributed by atoms with Gasteiger partial charge in [-0.3, -0.25) is 10.1 Å². The predicted molar refractivity (Wildman–Crippen MR) is 92.4 cm³/mol. The molecule has 2 aromatic heterocycles. The number of carbonyl (C=O) groups is 2. The molecule has 134 valence electrons. The van der Waals surface area contributed by atoms with Crippen LogP contribution in [0.2, 0.25) is 0 Å². The lowest BCUT2D eigenvalue weighted by Gasteiger charge is -1.99. The normalized spacial score (nSPS) is 10.7. The molecule has 0 radical (unpaired) electrons. The van der Waals surface area contributed by atoms with Crippen LogP contribution >= 0.6 is 11.3 Å². The highest BCUT2D eigenvalue weighted by Gasteiger charge is 2.18. The van der Waals surface area contributed by atoms with Crippen LogP contribution in [-0.2, 0) is 16.1 Å². The first kappa shape index (κ1) is 17.6. The average Bonchev–Trinajstić information content (AvgIpc) is 3.21. The van der Waals surface area contributed by atoms with Gasteiger partial charge in [0.25, 0.3) is 5.69 Å². The number of non-ortho nitro benzene ring substituents is 1. The standard InChI is InChI=1S/C17H13NO7S/c1-9-13(16(19)23-2)7-12(25-9)8-24-17(20)15-6-10-5-11(18(21)22)3-4-14(10)26-15/h3-7H,8H2,1-2H3. The minimum atomic E-state index is -0.581. The van der Waals surface area contributed by atoms with E-state index in [1.54, 1.807) is 19.1 Å². The van der Waals surface area contributed by atoms with Gasteiger partial charge in [-0.2, -0.15) is 0 Å². The molecule has 0 amide bonds. The zero-order chi connectivity index (χ0) is 18.8. The first-order valence-corrected chi connectivity index (χ1v) is 8.23. The van der Waals surface area contributed by atoms with Gasteiger partial charge in [-0.1, -0.05) is 0 Å². The molecular weight excluding hydrogens is 362 g/mol. The molecule has 0 spiro atoms. The van der Waals surface area contributed by atoms with E-state index in [9.17, 15) is 19.7 Å². The van der Waals surface area contributed by atoms with Crippen molar-refractivity contribution in [3.05, 3.63) is 62.4 Å². The quantitative estimate of drug-likeness (QED) is 0.378. The van der Waals surface area contributed by atoms with Crippen molar-refractivity contribution in [3.8, 4) is 0 Å². The van der Waals surface area contributed by atoms with Crippen LogP contribution in [-0.4, -0.2) is 24.0 Å². The third-order valence-electron chi connectivity index (χ3n) is 3.63. The number of methoxy groups -OCH3 is 1. The summed E-state index contributed by atoms with van der Waals surface area (Å²) >= 11 is 1.18. The summed E-state index contributed by atoms with van der Waals surface area (Å²) in [5.41, 5.74) is 0.226. The fourth-order valence-corrected chi connectivity index (χ4v) is 3.32. The van der Waals surface area contributed by atoms with Crippen LogP contribution in [0, 0.1) is 17.0 Å². The topological polar surface area (TPSA) is 109 Å². The van der Waals surface area contributed by atoms with E-state index >= 15 is 0 Å². The van der Waals surface area contributed by atoms with Crippen molar-refractivity contribution in [1.82, 2.24) is 0 Å². The number of hydrogen-bond acceptors (Lipinski definition) is 8. The molecule has 0 atom stereocenters. The number of nitro groups is 1. The van der Waals surface area contributed by atoms with E-state index in [0.717, 1.165) is 4.70 Å². The maximum absolute atomic E-state index is 12.2. The van der Waals surface area contributed by atoms with E-state index in [4.69, 9.17) is 9.15 Å². The molecule has 1 aromatic carbocycles. The largest absolute Gasteiger partial charge is 0.465 e. The molecule has 9 heteroatoms. The molecule has 3 aromatic rings. The number of thiophene rings is 1. The van der Waals surface area contributed by atoms with Crippen LogP contribution in [0.15, 0.2) is 34.7 Å². The Morgan fingerprint density at radius 1 is 1.23 bits per heavy atom. The van der Waals surface area contributed by atoms with Crippen molar-refractivity contribution in [2.75, 3.05) is 7.11 Å². The van der Waals surface area contributed by atoms with Gasteiger partial charge in [0.1, 0.15) is 28.6 Å². The first-order valence-electron chi connectivity index (χ1n) is 7.41. The van der Waals surface area contributed by atoms with Crippen molar-refractivity contribution < 1.29 is 28.4 Å². The lowest BCUT2D eigenvalue weighted by molar-refractivity contribution is -0.384. The number of rotatable bonds is 5. The number of nitrogens with zero attached hydrogens (tertiary/aromatic N) is 1. The van der Waals surface area contributed by atoms with Crippen molar-refractivity contribution in [3.63, 3.8) is 0 Å². The van der Waals surface area contributed by atoms with Crippen molar-refractivity contribution >= 4 is 39.0 Å². The van der Waals surface area contributed by atoms with E-state index in [2.05, 4.69) is 4.74 Å². The Morgan fingerprint density at radius 3 is 2.69 bits per heavy atom. The number of aryl methyl sites for hydroxylation is 1. The molecule has 0 bridgehead atoms. The molecule has 0 N–H and O–H groups in total. The summed E-state index contributed by atoms with van der Waals surface area (Å²) in [6.45, 7) is 1.46. The molecule has 0 fully saturated rings. The summed E-state index contributed by atoms with van der Waals surface area (Å²) in [5.74, 6) is -0.428. The van der Waals surface area contributed by atoms with Gasteiger partial charge in [0.15, 0.2) is 0 Å². The summed E-state index contributed by atoms with van der Waals surface area (Å²) in [6.07, 6.45) is 0. The Labute approximate surface area is 151 Å². The second kappa shape index (κ2) is 6.96. The number of fused-ring (bicyclic) bond motifs is 1. The molecule has 0 saturated carbocycles. The van der Waals surface area contributed by atoms with Crippen LogP contribution < -0.4 is 0 Å². The minimum absolute atomic E-state index is 0.0448. The zero-order valence-electron chi connectivity index (χ0n) is 13.8. The van der Waals surface area contributed by atoms with Crippen LogP contribution in [0.4, 0.5) is 5.69 Å². The second-order valence-electron chi connectivity index (χ2n) is 5.34. The van der Waals surface area contributed by atoms with Crippen LogP contribution in [0.1, 0.15) is 31.6 Å². The Morgan fingerprint density at radius 2 is 2.00 bits per heavy atom. The molecule has 0 unspecified atom stereocenters. The molecule has 0 aliphatic carbocycles. The highest BCUT2D eigenvalue weighted by molar-refractivity contribution is 7.20. The number of esters is 2. The number of carbonyl (C=O) groups excluding carboxylic acids is 2. The molecule has 8 nitrogen and oxygen atoms in total. The molecule has 0 aliphatic rings. The first-order chi connectivity index (χ1) is 12.4. The molecule has 3 rings (SSSR count). The van der Waals surface area contributed by atoms with E-state index in [1.165, 1.54) is 36.6 Å². The van der Waals surface area contributed by atoms with Gasteiger partial charge in [0, 0.05) is 22.2 Å². The third-order valence-corrected chi connectivity index (χ3v) is 4.73. The molecule has 26 heavy (non-hydrogen) atoms. The maximum Gasteiger partial charge on any atom is 0.348 e. The third kappa shape index (κ3) is 3.42. The van der Waals surface area contributed by atoms with Gasteiger partial charge < -0.3 is 13.9 Å². The molecule has 0 aliphatic heterocycles. The van der Waals surface area contributed by atoms with Gasteiger partial charge in [-0.15, -0.1) is 11.3 Å². The smallest absolute Gasteiger partial charge is 0.348 e. The Hall–Kier alpha value is -3.20. The second-order valence-corrected chi connectivity index (χ2v) is 6.42. The number of nitro benzene ring substituents is 1. The Balaban J connectivity index is 1.73. The summed E-state index contributed by atoms with van der Waals surface area (Å²) in [7, 11) is 1.26. The van der Waals surface area contributed by atoms with E-state index in [0.29, 0.717) is 21.8 Å². The summed E-state index contributed by atoms with van der Waals surface area (Å²) < 4.78 is 15.9. The average molecular weight is 375 g/mol. The molecule has 2 heterocycles. The zero-order valence-corrected chi connectivity index (χ0v) is 14.6. The number of ether oxygens (including phenoxy) is 2. The fourth-order valence-electron chi connectivity index (χ4n) is 2.38. The van der Waals surface area contributed by atoms with Crippen LogP contribution in [0.5, 0.6) is 0 Å². The summed E-state index contributed by atoms with van der Waals surface area (Å²) in [5, 5.41) is 11.4. The van der Waals surface area contributed by atoms with Crippen LogP contribution in [0.25, 0.3) is 10.1 Å². The van der Waals surface area contributed by atoms with Gasteiger partial charge in [-0.25, -0.2) is 9.59 Å². The highest BCUT2D eigenvalue weighted by Crippen LogP contribution is 2.29. The number of furan rings is 1. The molecular formula is C17H13NO7S. The summed E-state index contributed by atoms with van der Waals surface area (Å²) in [4.78, 5) is 34.4. The number of benzene rings is 1. The van der Waals surface area contributed by atoms with Crippen molar-refractivity contribution in [2.24, 2.45) is 0 Å². The Bertz CT molecular complexity index is 1020. The van der Waals surface area contributed by atoms with Crippen molar-refractivity contribution in [1.29, 1.82) is 0 Å². The lowest BCUT2D eigenvalue weighted by atomic mass is 10.2. The maximum atomic E-state index is 12.2. The highest BCUT2D eigenvalue weighted by atomic mass is 32.1. The fraction of sp³-hybridized carbons (Fsp3) is 0.176. The lowest BCUT2D eigenvalue weighted by Crippen LogP contribution is -2.03. The predicted octanol–water partition coefficient (Wildman–Crippen LogP) is 3.85. The molecule has 0 saturated heterocycles. The van der Waals surface area contributed by atoms with Crippen molar-refractivity contribution in [2.45, 2.75) is 13.5 Å². The van der Waals surface area contributed by atoms with E-state index in [1.807, 2.05) is 0 Å². The SMILES string of the molecule is COC(=O)c1cc(COC(=O)c2cc3cc([N+](=O)[O-])ccc3s2)oc1C. The van der Waals surface area contributed by atoms with Gasteiger partial charge in [-0.05, 0) is 25.1 Å². The monoisotopic (exact) mass is 375 g/mol. The van der Waals surface area contributed by atoms with Crippen LogP contribution in [0.3, 0.4) is 0 Å². The Kier molecular flexibility index (Phi) is 4.72. The minimum Gasteiger partial charge on any atom is -0.465 e. The van der Waals surface area contributed by atoms with Gasteiger partial charge >= 0.3 is 11.9 Å².